The molecule has 8 rings (SSSR count). The van der Waals surface area contributed by atoms with Gasteiger partial charge in [-0.15, -0.1) is 34.0 Å². The molecule has 0 aliphatic heterocycles. The van der Waals surface area contributed by atoms with Crippen molar-refractivity contribution in [1.82, 2.24) is 19.9 Å². The number of aromatic nitrogens is 4. The van der Waals surface area contributed by atoms with Gasteiger partial charge in [-0.05, 0) is 63.5 Å². The number of esters is 1. The molecule has 0 aliphatic rings. The number of nitrogens with two attached hydrogens (primary N) is 1. The van der Waals surface area contributed by atoms with Gasteiger partial charge in [0.25, 0.3) is 5.56 Å². The molecule has 0 amide bonds. The second-order valence-electron chi connectivity index (χ2n) is 9.50. The van der Waals surface area contributed by atoms with Gasteiger partial charge in [0.15, 0.2) is 0 Å². The van der Waals surface area contributed by atoms with Gasteiger partial charge in [0.2, 0.25) is 5.28 Å². The average molecular weight is 834 g/mol. The van der Waals surface area contributed by atoms with E-state index in [0.717, 1.165) is 40.5 Å². The number of benzene rings is 3. The standard InChI is InChI=1S/C10H4Cl2N2S.C10H6N2O2S.C10H9NO2S.Cl3OP/c11-8-7-5-3-1-2-4-6(5)15-9(7)14-10(12)13-8;13-8-7-5-3-1-2-4-6(5)15-9(7)12-10(14)11-8;1-13-10(12)8-6-4-2-3-5-7(6)14-9(8)11;1-5(2,3)4/h1-4H;1-4H,(H2,11,12,13,14);2-5H,11H2,1H3;. The number of hydrogen-bond donors (Lipinski definition) is 3. The van der Waals surface area contributed by atoms with Crippen LogP contribution >= 0.6 is 96.1 Å². The molecule has 5 aromatic heterocycles. The molecule has 4 N–H and O–H groups in total. The number of carbonyl (C=O) groups excluding carboxylic acids is 1. The summed E-state index contributed by atoms with van der Waals surface area (Å²) in [4.78, 5) is 48.5. The Labute approximate surface area is 312 Å². The van der Waals surface area contributed by atoms with E-state index in [4.69, 9.17) is 28.9 Å². The number of thiophene rings is 3. The van der Waals surface area contributed by atoms with E-state index in [0.29, 0.717) is 25.9 Å². The van der Waals surface area contributed by atoms with E-state index in [1.165, 1.54) is 29.8 Å². The number of nitrogens with zero attached hydrogens (tertiary/aromatic N) is 2. The highest BCUT2D eigenvalue weighted by Crippen LogP contribution is 2.61. The Balaban J connectivity index is 0.000000134. The van der Waals surface area contributed by atoms with Crippen molar-refractivity contribution in [3.05, 3.63) is 110 Å². The highest BCUT2D eigenvalue weighted by Gasteiger charge is 2.17. The van der Waals surface area contributed by atoms with E-state index >= 15 is 0 Å². The SMILES string of the molecule is COC(=O)c1c(N)sc2ccccc12.Clc1nc(Cl)c2c(n1)sc1ccccc12.O=P(Cl)(Cl)Cl.O=c1[nH]c(=O)c2c([nH]1)sc1ccccc12. The molecule has 0 saturated heterocycles. The highest BCUT2D eigenvalue weighted by atomic mass is 36.0. The number of H-pyrrole nitrogens is 2. The van der Waals surface area contributed by atoms with Gasteiger partial charge in [-0.25, -0.2) is 19.6 Å². The lowest BCUT2D eigenvalue weighted by atomic mass is 10.2. The minimum Gasteiger partial charge on any atom is -0.465 e. The second-order valence-corrected chi connectivity index (χ2v) is 20.0. The molecule has 0 radical (unpaired) electrons. The zero-order valence-electron chi connectivity index (χ0n) is 24.5. The Hall–Kier alpha value is -3.23. The monoisotopic (exact) mass is 831 g/mol. The van der Waals surface area contributed by atoms with Gasteiger partial charge in [-0.2, -0.15) is 0 Å². The first-order chi connectivity index (χ1) is 23.2. The van der Waals surface area contributed by atoms with Gasteiger partial charge in [0, 0.05) is 30.3 Å². The minimum atomic E-state index is -3.22. The average Bonchev–Trinajstić information content (AvgIpc) is 3.70. The fourth-order valence-corrected chi connectivity index (χ4v) is 8.31. The number of ether oxygens (including phenoxy) is 1. The number of halogens is 5. The molecule has 10 nitrogen and oxygen atoms in total. The number of rotatable bonds is 1. The number of carbonyl (C=O) groups is 1. The number of methoxy groups -OCH3 is 1. The van der Waals surface area contributed by atoms with Crippen molar-refractivity contribution in [2.45, 2.75) is 0 Å². The van der Waals surface area contributed by atoms with Crippen molar-refractivity contribution >= 4 is 158 Å². The molecule has 8 aromatic rings. The number of hydrogen-bond acceptors (Lipinski definition) is 11. The second kappa shape index (κ2) is 15.8. The maximum atomic E-state index is 11.6. The van der Waals surface area contributed by atoms with Crippen molar-refractivity contribution in [3.63, 3.8) is 0 Å². The van der Waals surface area contributed by atoms with Crippen LogP contribution in [0.2, 0.25) is 10.4 Å². The summed E-state index contributed by atoms with van der Waals surface area (Å²) in [7, 11) is 1.36. The summed E-state index contributed by atoms with van der Waals surface area (Å²) in [6.07, 6.45) is 0. The lowest BCUT2D eigenvalue weighted by Gasteiger charge is -1.97. The van der Waals surface area contributed by atoms with E-state index in [2.05, 4.69) is 58.4 Å². The molecule has 0 unspecified atom stereocenters. The van der Waals surface area contributed by atoms with Crippen LogP contribution in [0.5, 0.6) is 0 Å². The Kier molecular flexibility index (Phi) is 11.9. The Morgan fingerprint density at radius 1 is 0.776 bits per heavy atom. The summed E-state index contributed by atoms with van der Waals surface area (Å²) in [6.45, 7) is 0. The highest BCUT2D eigenvalue weighted by molar-refractivity contribution is 8.24. The molecule has 252 valence electrons. The summed E-state index contributed by atoms with van der Waals surface area (Å²) in [6, 6.07) is 23.2. The molecule has 5 heterocycles. The number of fused-ring (bicyclic) bond motifs is 7. The van der Waals surface area contributed by atoms with Crippen LogP contribution in [0, 0.1) is 0 Å². The predicted octanol–water partition coefficient (Wildman–Crippen LogP) is 10.7. The first-order valence-electron chi connectivity index (χ1n) is 13.4. The summed E-state index contributed by atoms with van der Waals surface area (Å²) in [5.74, 6) is -0.375. The predicted molar refractivity (Wildman–Crippen MR) is 208 cm³/mol. The lowest BCUT2D eigenvalue weighted by Crippen LogP contribution is -2.20. The Morgan fingerprint density at radius 3 is 1.88 bits per heavy atom. The quantitative estimate of drug-likeness (QED) is 0.0637. The third kappa shape index (κ3) is 8.93. The zero-order chi connectivity index (χ0) is 35.5. The van der Waals surface area contributed by atoms with Gasteiger partial charge < -0.3 is 10.5 Å². The summed E-state index contributed by atoms with van der Waals surface area (Å²) >= 11 is 30.0. The molecule has 0 aliphatic carbocycles. The first-order valence-corrected chi connectivity index (χ1v) is 21.1. The Morgan fingerprint density at radius 2 is 1.29 bits per heavy atom. The molecule has 49 heavy (non-hydrogen) atoms. The van der Waals surface area contributed by atoms with Crippen molar-refractivity contribution in [2.24, 2.45) is 0 Å². The number of aromatic amines is 2. The molecule has 3 aromatic carbocycles. The van der Waals surface area contributed by atoms with Crippen LogP contribution in [0.1, 0.15) is 10.4 Å². The lowest BCUT2D eigenvalue weighted by molar-refractivity contribution is 0.0604. The molecule has 19 heteroatoms. The zero-order valence-corrected chi connectivity index (χ0v) is 31.6. The number of anilines is 1. The number of nitrogen functional groups attached to an aromatic ring is 1. The van der Waals surface area contributed by atoms with Crippen LogP contribution in [0.3, 0.4) is 0 Å². The molecule has 0 atom stereocenters. The van der Waals surface area contributed by atoms with Crippen molar-refractivity contribution < 1.29 is 14.1 Å². The maximum Gasteiger partial charge on any atom is 0.341 e. The summed E-state index contributed by atoms with van der Waals surface area (Å²) in [5.41, 5.74) is 5.44. The summed E-state index contributed by atoms with van der Waals surface area (Å²) in [5, 5.41) is 2.19. The summed E-state index contributed by atoms with van der Waals surface area (Å²) < 4.78 is 17.3. The van der Waals surface area contributed by atoms with Crippen LogP contribution < -0.4 is 17.0 Å². The van der Waals surface area contributed by atoms with Crippen molar-refractivity contribution in [3.8, 4) is 0 Å². The normalized spacial score (nSPS) is 11.1. The van der Waals surface area contributed by atoms with E-state index in [1.807, 2.05) is 72.8 Å². The Bertz CT molecular complexity index is 2640. The van der Waals surface area contributed by atoms with Gasteiger partial charge >= 0.3 is 16.9 Å². The topological polar surface area (TPSA) is 161 Å². The maximum absolute atomic E-state index is 11.6. The molecule has 0 bridgehead atoms. The van der Waals surface area contributed by atoms with Gasteiger partial charge in [-0.1, -0.05) is 66.2 Å². The molecular weight excluding hydrogens is 815 g/mol. The molecule has 0 spiro atoms. The fraction of sp³-hybridized carbons (Fsp3) is 0.0333. The van der Waals surface area contributed by atoms with Crippen molar-refractivity contribution in [2.75, 3.05) is 12.8 Å². The van der Waals surface area contributed by atoms with E-state index in [-0.39, 0.29) is 16.8 Å². The van der Waals surface area contributed by atoms with Crippen LogP contribution in [-0.4, -0.2) is 33.0 Å². The third-order valence-electron chi connectivity index (χ3n) is 6.46. The smallest absolute Gasteiger partial charge is 0.341 e. The molecule has 0 saturated carbocycles. The largest absolute Gasteiger partial charge is 0.465 e. The minimum absolute atomic E-state index is 0.194. The number of nitrogens with one attached hydrogen (secondary N) is 2. The van der Waals surface area contributed by atoms with Gasteiger partial charge in [-0.3, -0.25) is 19.3 Å². The van der Waals surface area contributed by atoms with Crippen molar-refractivity contribution in [1.29, 1.82) is 0 Å². The van der Waals surface area contributed by atoms with Gasteiger partial charge in [0.1, 0.15) is 25.4 Å². The van der Waals surface area contributed by atoms with E-state index in [1.54, 1.807) is 11.3 Å². The van der Waals surface area contributed by atoms with Gasteiger partial charge in [0.05, 0.1) is 17.9 Å². The van der Waals surface area contributed by atoms with E-state index in [9.17, 15) is 18.9 Å². The first kappa shape index (κ1) is 37.0. The van der Waals surface area contributed by atoms with Crippen LogP contribution in [0.25, 0.3) is 50.7 Å². The van der Waals surface area contributed by atoms with Crippen LogP contribution in [-0.2, 0) is 9.30 Å². The van der Waals surface area contributed by atoms with E-state index < -0.39 is 10.9 Å². The third-order valence-corrected chi connectivity index (χ3v) is 10.0. The molecule has 0 fully saturated rings. The fourth-order valence-electron chi connectivity index (χ4n) is 4.59. The van der Waals surface area contributed by atoms with Crippen LogP contribution in [0.4, 0.5) is 5.00 Å². The molecular formula is C30H19Cl5N5O5PS3. The van der Waals surface area contributed by atoms with Crippen LogP contribution in [0.15, 0.2) is 82.4 Å².